The Bertz CT molecular complexity index is 284. The van der Waals surface area contributed by atoms with Crippen LogP contribution in [-0.4, -0.2) is 42.5 Å². The number of aliphatic carboxylic acids is 1. The predicted molar refractivity (Wildman–Crippen MR) is 50.3 cm³/mol. The van der Waals surface area contributed by atoms with Gasteiger partial charge < -0.3 is 10.2 Å². The Morgan fingerprint density at radius 1 is 1.43 bits per heavy atom. The fourth-order valence-corrected chi connectivity index (χ4v) is 1.58. The first-order valence-corrected chi connectivity index (χ1v) is 5.70. The summed E-state index contributed by atoms with van der Waals surface area (Å²) < 4.78 is 24.5. The highest BCUT2D eigenvalue weighted by Gasteiger charge is 2.25. The van der Waals surface area contributed by atoms with Gasteiger partial charge in [0, 0.05) is 6.61 Å². The van der Waals surface area contributed by atoms with Gasteiger partial charge in [0.2, 0.25) is 10.0 Å². The first kappa shape index (κ1) is 13.3. The zero-order chi connectivity index (χ0) is 11.4. The molecule has 0 aromatic rings. The van der Waals surface area contributed by atoms with E-state index in [4.69, 9.17) is 10.2 Å². The van der Waals surface area contributed by atoms with Crippen LogP contribution in [0.25, 0.3) is 0 Å². The molecule has 0 bridgehead atoms. The molecule has 0 amide bonds. The molecule has 0 spiro atoms. The highest BCUT2D eigenvalue weighted by Crippen LogP contribution is 2.01. The standard InChI is InChI=1S/C7H15NO5S/c1-5(2)14(12,13)8-6(3-4-9)7(10)11/h5-6,8-9H,3-4H2,1-2H3,(H,10,11). The lowest BCUT2D eigenvalue weighted by Crippen LogP contribution is -2.44. The van der Waals surface area contributed by atoms with Crippen molar-refractivity contribution in [2.24, 2.45) is 0 Å². The number of sulfonamides is 1. The molecule has 1 atom stereocenters. The van der Waals surface area contributed by atoms with Gasteiger partial charge in [-0.25, -0.2) is 13.1 Å². The number of rotatable bonds is 6. The first-order valence-electron chi connectivity index (χ1n) is 4.16. The highest BCUT2D eigenvalue weighted by molar-refractivity contribution is 7.90. The summed E-state index contributed by atoms with van der Waals surface area (Å²) >= 11 is 0. The van der Waals surface area contributed by atoms with Crippen LogP contribution < -0.4 is 4.72 Å². The Kier molecular flexibility index (Phi) is 5.03. The number of carbonyl (C=O) groups is 1. The molecule has 0 heterocycles. The zero-order valence-corrected chi connectivity index (χ0v) is 8.91. The number of carboxylic acid groups (broad SMARTS) is 1. The summed E-state index contributed by atoms with van der Waals surface area (Å²) in [5.74, 6) is -1.29. The molecule has 0 saturated heterocycles. The minimum absolute atomic E-state index is 0.138. The van der Waals surface area contributed by atoms with E-state index in [0.717, 1.165) is 0 Å². The van der Waals surface area contributed by atoms with Crippen molar-refractivity contribution in [3.63, 3.8) is 0 Å². The molecule has 0 aliphatic carbocycles. The number of hydrogen-bond donors (Lipinski definition) is 3. The molecule has 0 fully saturated rings. The quantitative estimate of drug-likeness (QED) is 0.546. The molecule has 0 aliphatic heterocycles. The number of aliphatic hydroxyl groups is 1. The summed E-state index contributed by atoms with van der Waals surface area (Å²) in [6.45, 7) is 2.51. The van der Waals surface area contributed by atoms with Gasteiger partial charge in [-0.05, 0) is 20.3 Å². The van der Waals surface area contributed by atoms with Crippen molar-refractivity contribution < 1.29 is 23.4 Å². The monoisotopic (exact) mass is 225 g/mol. The second-order valence-corrected chi connectivity index (χ2v) is 5.38. The van der Waals surface area contributed by atoms with Crippen molar-refractivity contribution in [2.45, 2.75) is 31.6 Å². The zero-order valence-electron chi connectivity index (χ0n) is 8.10. The molecule has 0 aliphatic rings. The number of aliphatic hydroxyl groups excluding tert-OH is 1. The Morgan fingerprint density at radius 3 is 2.21 bits per heavy atom. The van der Waals surface area contributed by atoms with Gasteiger partial charge in [0.15, 0.2) is 0 Å². The van der Waals surface area contributed by atoms with Crippen LogP contribution in [0.2, 0.25) is 0 Å². The van der Waals surface area contributed by atoms with E-state index < -0.39 is 27.3 Å². The predicted octanol–water partition coefficient (Wildman–Crippen LogP) is -0.850. The van der Waals surface area contributed by atoms with E-state index in [1.807, 2.05) is 4.72 Å². The number of hydrogen-bond acceptors (Lipinski definition) is 4. The fourth-order valence-electron chi connectivity index (χ4n) is 0.696. The summed E-state index contributed by atoms with van der Waals surface area (Å²) in [5, 5.41) is 16.4. The van der Waals surface area contributed by atoms with Crippen LogP contribution in [0.1, 0.15) is 20.3 Å². The average Bonchev–Trinajstić information content (AvgIpc) is 2.02. The van der Waals surface area contributed by atoms with Crippen LogP contribution in [0.4, 0.5) is 0 Å². The third-order valence-corrected chi connectivity index (χ3v) is 3.50. The van der Waals surface area contributed by atoms with Gasteiger partial charge in [-0.15, -0.1) is 0 Å². The summed E-state index contributed by atoms with van der Waals surface area (Å²) in [5.41, 5.74) is 0. The van der Waals surface area contributed by atoms with Crippen molar-refractivity contribution in [1.82, 2.24) is 4.72 Å². The molecule has 0 rings (SSSR count). The van der Waals surface area contributed by atoms with Gasteiger partial charge in [-0.3, -0.25) is 4.79 Å². The molecular formula is C7H15NO5S. The Morgan fingerprint density at radius 2 is 1.93 bits per heavy atom. The second kappa shape index (κ2) is 5.28. The van der Waals surface area contributed by atoms with Crippen LogP contribution in [0.15, 0.2) is 0 Å². The third kappa shape index (κ3) is 4.03. The maximum atomic E-state index is 11.3. The summed E-state index contributed by atoms with van der Waals surface area (Å²) in [6, 6.07) is -1.26. The highest BCUT2D eigenvalue weighted by atomic mass is 32.2. The molecular weight excluding hydrogens is 210 g/mol. The number of nitrogens with one attached hydrogen (secondary N) is 1. The first-order chi connectivity index (χ1) is 6.31. The molecule has 0 aromatic heterocycles. The summed E-state index contributed by atoms with van der Waals surface area (Å²) in [4.78, 5) is 10.6. The van der Waals surface area contributed by atoms with Crippen LogP contribution in [0.5, 0.6) is 0 Å². The molecule has 1 unspecified atom stereocenters. The molecule has 3 N–H and O–H groups in total. The summed E-state index contributed by atoms with van der Waals surface area (Å²) in [6.07, 6.45) is -0.138. The Hall–Kier alpha value is -0.660. The van der Waals surface area contributed by atoms with Crippen molar-refractivity contribution in [2.75, 3.05) is 6.61 Å². The molecule has 14 heavy (non-hydrogen) atoms. The lowest BCUT2D eigenvalue weighted by molar-refractivity contribution is -0.139. The lowest BCUT2D eigenvalue weighted by Gasteiger charge is -2.15. The maximum Gasteiger partial charge on any atom is 0.321 e. The molecule has 0 radical (unpaired) electrons. The van der Waals surface area contributed by atoms with E-state index in [2.05, 4.69) is 0 Å². The molecule has 7 heteroatoms. The van der Waals surface area contributed by atoms with Gasteiger partial charge in [-0.1, -0.05) is 0 Å². The van der Waals surface area contributed by atoms with Crippen LogP contribution in [-0.2, 0) is 14.8 Å². The molecule has 0 saturated carbocycles. The topological polar surface area (TPSA) is 104 Å². The van der Waals surface area contributed by atoms with E-state index >= 15 is 0 Å². The van der Waals surface area contributed by atoms with Crippen LogP contribution in [0, 0.1) is 0 Å². The molecule has 6 nitrogen and oxygen atoms in total. The minimum Gasteiger partial charge on any atom is -0.480 e. The Labute approximate surface area is 83.0 Å². The lowest BCUT2D eigenvalue weighted by atomic mass is 10.2. The van der Waals surface area contributed by atoms with E-state index in [-0.39, 0.29) is 13.0 Å². The third-order valence-electron chi connectivity index (χ3n) is 1.64. The Balaban J connectivity index is 4.53. The van der Waals surface area contributed by atoms with E-state index in [0.29, 0.717) is 0 Å². The van der Waals surface area contributed by atoms with Crippen LogP contribution >= 0.6 is 0 Å². The van der Waals surface area contributed by atoms with Gasteiger partial charge in [0.25, 0.3) is 0 Å². The largest absolute Gasteiger partial charge is 0.480 e. The van der Waals surface area contributed by atoms with E-state index in [9.17, 15) is 13.2 Å². The fraction of sp³-hybridized carbons (Fsp3) is 0.857. The second-order valence-electron chi connectivity index (χ2n) is 3.11. The van der Waals surface area contributed by atoms with E-state index in [1.54, 1.807) is 0 Å². The van der Waals surface area contributed by atoms with Gasteiger partial charge >= 0.3 is 5.97 Å². The van der Waals surface area contributed by atoms with Gasteiger partial charge in [0.05, 0.1) is 5.25 Å². The molecule has 0 aromatic carbocycles. The van der Waals surface area contributed by atoms with Crippen molar-refractivity contribution in [3.05, 3.63) is 0 Å². The molecule has 84 valence electrons. The number of carboxylic acids is 1. The minimum atomic E-state index is -3.61. The van der Waals surface area contributed by atoms with E-state index in [1.165, 1.54) is 13.8 Å². The maximum absolute atomic E-state index is 11.3. The average molecular weight is 225 g/mol. The van der Waals surface area contributed by atoms with Gasteiger partial charge in [-0.2, -0.15) is 0 Å². The summed E-state index contributed by atoms with van der Waals surface area (Å²) in [7, 11) is -3.61. The smallest absolute Gasteiger partial charge is 0.321 e. The normalized spacial score (nSPS) is 14.3. The van der Waals surface area contributed by atoms with Gasteiger partial charge in [0.1, 0.15) is 6.04 Å². The van der Waals surface area contributed by atoms with Crippen LogP contribution in [0.3, 0.4) is 0 Å². The van der Waals surface area contributed by atoms with Crippen molar-refractivity contribution >= 4 is 16.0 Å². The van der Waals surface area contributed by atoms with Crippen molar-refractivity contribution in [1.29, 1.82) is 0 Å². The SMILES string of the molecule is CC(C)S(=O)(=O)NC(CCO)C(=O)O. The van der Waals surface area contributed by atoms with Crippen molar-refractivity contribution in [3.8, 4) is 0 Å².